The van der Waals surface area contributed by atoms with Crippen LogP contribution in [0.5, 0.6) is 0 Å². The number of unbranched alkanes of at least 4 members (excludes halogenated alkanes) is 1. The van der Waals surface area contributed by atoms with Gasteiger partial charge in [0.2, 0.25) is 0 Å². The van der Waals surface area contributed by atoms with E-state index in [2.05, 4.69) is 88.0 Å². The highest BCUT2D eigenvalue weighted by molar-refractivity contribution is 5.04. The summed E-state index contributed by atoms with van der Waals surface area (Å²) >= 11 is 0. The van der Waals surface area contributed by atoms with Crippen molar-refractivity contribution in [3.63, 3.8) is 0 Å². The summed E-state index contributed by atoms with van der Waals surface area (Å²) in [7, 11) is 0. The molecule has 3 aliphatic carbocycles. The first-order valence-corrected chi connectivity index (χ1v) is 18.1. The van der Waals surface area contributed by atoms with E-state index in [1.807, 2.05) is 6.92 Å². The second-order valence-corrected chi connectivity index (χ2v) is 13.8. The van der Waals surface area contributed by atoms with Crippen molar-refractivity contribution in [3.05, 3.63) is 0 Å². The van der Waals surface area contributed by atoms with Crippen LogP contribution in [0.4, 0.5) is 0 Å². The van der Waals surface area contributed by atoms with Gasteiger partial charge in [0.15, 0.2) is 0 Å². The van der Waals surface area contributed by atoms with Crippen molar-refractivity contribution in [2.75, 3.05) is 0 Å². The van der Waals surface area contributed by atoms with Crippen LogP contribution in [0.3, 0.4) is 0 Å². The summed E-state index contributed by atoms with van der Waals surface area (Å²) < 4.78 is 0. The molecule has 0 radical (unpaired) electrons. The number of hydrogen-bond donors (Lipinski definition) is 0. The Hall–Kier alpha value is -0.440. The topological polar surface area (TPSA) is 0 Å². The lowest BCUT2D eigenvalue weighted by molar-refractivity contribution is 0.180. The van der Waals surface area contributed by atoms with Gasteiger partial charge in [-0.3, -0.25) is 0 Å². The summed E-state index contributed by atoms with van der Waals surface area (Å²) in [5.74, 6) is 13.8. The quantitative estimate of drug-likeness (QED) is 0.239. The molecule has 0 aromatic rings. The van der Waals surface area contributed by atoms with E-state index in [0.717, 1.165) is 41.4 Å². The van der Waals surface area contributed by atoms with Crippen LogP contribution in [-0.2, 0) is 0 Å². The monoisotopic (exact) mass is 579 g/mol. The minimum absolute atomic E-state index is 0. The Morgan fingerprint density at radius 2 is 1.22 bits per heavy atom. The van der Waals surface area contributed by atoms with Gasteiger partial charge in [-0.25, -0.2) is 0 Å². The van der Waals surface area contributed by atoms with Gasteiger partial charge in [-0.05, 0) is 74.0 Å². The van der Waals surface area contributed by atoms with E-state index in [-0.39, 0.29) is 14.9 Å². The summed E-state index contributed by atoms with van der Waals surface area (Å²) in [6, 6.07) is 0. The second-order valence-electron chi connectivity index (χ2n) is 13.8. The molecule has 6 atom stereocenters. The van der Waals surface area contributed by atoms with Gasteiger partial charge < -0.3 is 0 Å². The van der Waals surface area contributed by atoms with E-state index in [1.54, 1.807) is 0 Å². The Morgan fingerprint density at radius 3 is 1.49 bits per heavy atom. The zero-order chi connectivity index (χ0) is 30.1. The van der Waals surface area contributed by atoms with E-state index < -0.39 is 0 Å². The molecular weight excluding hydrogens is 492 g/mol. The molecule has 0 heteroatoms. The Labute approximate surface area is 265 Å². The molecule has 0 aromatic heterocycles. The van der Waals surface area contributed by atoms with Crippen LogP contribution in [0.25, 0.3) is 0 Å². The molecule has 0 bridgehead atoms. The van der Waals surface area contributed by atoms with Crippen molar-refractivity contribution < 1.29 is 0 Å². The van der Waals surface area contributed by atoms with Gasteiger partial charge in [0.05, 0.1) is 0 Å². The van der Waals surface area contributed by atoms with Crippen LogP contribution in [0.2, 0.25) is 0 Å². The Balaban J connectivity index is -0.000000224. The Morgan fingerprint density at radius 1 is 0.683 bits per heavy atom. The van der Waals surface area contributed by atoms with Crippen molar-refractivity contribution >= 4 is 0 Å². The molecule has 0 nitrogen and oxygen atoms in total. The first-order chi connectivity index (χ1) is 18.6. The molecular formula is C41H86. The predicted molar refractivity (Wildman–Crippen MR) is 196 cm³/mol. The molecule has 0 heterocycles. The molecule has 3 rings (SSSR count). The van der Waals surface area contributed by atoms with Crippen molar-refractivity contribution in [1.29, 1.82) is 0 Å². The molecule has 41 heavy (non-hydrogen) atoms. The lowest BCUT2D eigenvalue weighted by atomic mass is 9.70. The van der Waals surface area contributed by atoms with Crippen LogP contribution in [0.15, 0.2) is 0 Å². The fourth-order valence-corrected chi connectivity index (χ4v) is 5.94. The maximum atomic E-state index is 3.36. The average Bonchev–Trinajstić information content (AvgIpc) is 3.77. The van der Waals surface area contributed by atoms with Gasteiger partial charge in [0, 0.05) is 5.92 Å². The first-order valence-electron chi connectivity index (χ1n) is 18.1. The van der Waals surface area contributed by atoms with Gasteiger partial charge in [-0.15, -0.1) is 5.92 Å². The lowest BCUT2D eigenvalue weighted by Crippen LogP contribution is -2.25. The maximum Gasteiger partial charge on any atom is 0.0228 e. The van der Waals surface area contributed by atoms with Crippen molar-refractivity contribution in [2.24, 2.45) is 47.3 Å². The molecule has 0 amide bonds. The second kappa shape index (κ2) is 32.5. The number of hydrogen-bond acceptors (Lipinski definition) is 0. The van der Waals surface area contributed by atoms with Crippen LogP contribution >= 0.6 is 0 Å². The molecule has 0 aromatic carbocycles. The third-order valence-electron chi connectivity index (χ3n) is 9.48. The zero-order valence-corrected chi connectivity index (χ0v) is 29.6. The summed E-state index contributed by atoms with van der Waals surface area (Å²) in [6.45, 7) is 27.4. The van der Waals surface area contributed by atoms with Gasteiger partial charge in [-0.1, -0.05) is 180 Å². The van der Waals surface area contributed by atoms with E-state index in [0.29, 0.717) is 5.92 Å². The summed E-state index contributed by atoms with van der Waals surface area (Å²) in [6.07, 6.45) is 24.0. The largest absolute Gasteiger partial charge is 0.106 e. The third-order valence-corrected chi connectivity index (χ3v) is 9.48. The summed E-state index contributed by atoms with van der Waals surface area (Å²) in [5, 5.41) is 0. The van der Waals surface area contributed by atoms with Gasteiger partial charge in [-0.2, -0.15) is 0 Å². The van der Waals surface area contributed by atoms with Crippen LogP contribution in [0, 0.1) is 59.2 Å². The predicted octanol–water partition coefficient (Wildman–Crippen LogP) is 15.0. The molecule has 6 unspecified atom stereocenters. The van der Waals surface area contributed by atoms with Crippen LogP contribution < -0.4 is 0 Å². The highest BCUT2D eigenvalue weighted by atomic mass is 14.3. The highest BCUT2D eigenvalue weighted by Crippen LogP contribution is 2.38. The minimum Gasteiger partial charge on any atom is -0.106 e. The normalized spacial score (nSPS) is 24.5. The van der Waals surface area contributed by atoms with E-state index >= 15 is 0 Å². The van der Waals surface area contributed by atoms with Crippen LogP contribution in [-0.4, -0.2) is 0 Å². The molecule has 3 fully saturated rings. The Kier molecular flexibility index (Phi) is 37.6. The molecule has 250 valence electrons. The standard InChI is InChI=1S/C14H24.C10H22.C8H16.C4H10.C3H6.2CH4/c1-5-7-13-8-9-14(10-12(13)4)11(3)6-2;1-5-7-10(8-6-2)9(3)4;1-3-8-5-4-7(2)6-8;1-3-4-2;1-2-3-1;;/h11-14H,6,8-10H2,1-4H3;9-10H,5-8H2,1-4H3;7-8H,3-6H2,1-2H3;3-4H2,1-2H3;1-3H2;2*1H4. The fraction of sp³-hybridized carbons (Fsp3) is 0.951. The summed E-state index contributed by atoms with van der Waals surface area (Å²) in [4.78, 5) is 0. The molecule has 0 aliphatic heterocycles. The van der Waals surface area contributed by atoms with Gasteiger partial charge in [0.1, 0.15) is 0 Å². The fourth-order valence-electron chi connectivity index (χ4n) is 5.94. The highest BCUT2D eigenvalue weighted by Gasteiger charge is 2.28. The van der Waals surface area contributed by atoms with Crippen molar-refractivity contribution in [2.45, 2.75) is 207 Å². The van der Waals surface area contributed by atoms with Crippen molar-refractivity contribution in [3.8, 4) is 11.8 Å². The minimum atomic E-state index is 0. The molecule has 0 N–H and O–H groups in total. The molecule has 0 spiro atoms. The van der Waals surface area contributed by atoms with Crippen molar-refractivity contribution in [1.82, 2.24) is 0 Å². The third kappa shape index (κ3) is 28.1. The van der Waals surface area contributed by atoms with E-state index in [4.69, 9.17) is 0 Å². The van der Waals surface area contributed by atoms with Crippen LogP contribution in [0.1, 0.15) is 207 Å². The summed E-state index contributed by atoms with van der Waals surface area (Å²) in [5.41, 5.74) is 0. The maximum absolute atomic E-state index is 3.36. The molecule has 0 saturated heterocycles. The SMILES string of the molecule is C.C.C1CC1.CC#CC1CCC(C(C)CC)CC1C.CCC1CCC(C)C1.CCCC.CCCC(CCC)C(C)C. The van der Waals surface area contributed by atoms with E-state index in [9.17, 15) is 0 Å². The smallest absolute Gasteiger partial charge is 0.0228 e. The molecule has 3 aliphatic rings. The average molecular weight is 579 g/mol. The van der Waals surface area contributed by atoms with E-state index in [1.165, 1.54) is 109 Å². The zero-order valence-electron chi connectivity index (χ0n) is 29.6. The van der Waals surface area contributed by atoms with Gasteiger partial charge >= 0.3 is 0 Å². The Bertz CT molecular complexity index is 535. The van der Waals surface area contributed by atoms with Gasteiger partial charge in [0.25, 0.3) is 0 Å². The first kappa shape index (κ1) is 47.5. The molecule has 3 saturated carbocycles. The lowest BCUT2D eigenvalue weighted by Gasteiger charge is -2.34. The number of rotatable bonds is 9.